The molecule has 1 fully saturated rings. The molecule has 510 valence electrons. The molecule has 24 heteroatoms. The monoisotopic (exact) mass is 1290 g/mol. The summed E-state index contributed by atoms with van der Waals surface area (Å²) in [6, 6.07) is 17.9. The van der Waals surface area contributed by atoms with E-state index in [1.807, 2.05) is 108 Å². The van der Waals surface area contributed by atoms with Crippen LogP contribution in [0.1, 0.15) is 143 Å². The molecule has 0 bridgehead atoms. The number of ether oxygens (including phenoxy) is 2. The Balaban J connectivity index is 1.21. The Hall–Kier alpha value is -8.54. The molecule has 0 radical (unpaired) electrons. The largest absolute Gasteiger partial charge is 0.481 e. The topological polar surface area (TPSA) is 333 Å². The van der Waals surface area contributed by atoms with Gasteiger partial charge in [0.15, 0.2) is 0 Å². The van der Waals surface area contributed by atoms with E-state index in [9.17, 15) is 47.9 Å². The van der Waals surface area contributed by atoms with E-state index in [4.69, 9.17) is 20.3 Å². The standard InChI is InChI=1S/C69H101N11O13/c1-13-44(6)61(55(92-12)38-57(82)80-35-21-33-69(80,9)39-45(7)62(85)73-46(8)36-47-22-15-14-16-23-47)78(10)66(89)59(42(2)3)77-65(88)60(43(4)5)79(11)68(91)93-41-48-29-31-50(32-30-48)74-63(86)53(26-20-34-71-67(70)90)76-64(87)54(75-56(81)27-19-28-58(83)84)37-49-40-72-52-25-18-17-24-51(49)52/h14-18,22-25,29-32,40,42-46,53-55,59-61,72H,13,19-21,26-28,33-39,41H2,1-12H3,(H,73,85)(H,74,86)(H,75,81)(H,76,87)(H,77,88)(H,83,84)(H3,70,71,90)/t44-,45+,46+,53-,54+,55+,59-,60-,61-,69+/m0/s1. The van der Waals surface area contributed by atoms with E-state index in [1.54, 1.807) is 56.3 Å². The normalized spacial score (nSPS) is 16.7. The molecular formula is C69H101N11O13. The van der Waals surface area contributed by atoms with Crippen LogP contribution in [0.25, 0.3) is 10.9 Å². The van der Waals surface area contributed by atoms with Crippen molar-refractivity contribution >= 4 is 76.0 Å². The van der Waals surface area contributed by atoms with Gasteiger partial charge >= 0.3 is 18.1 Å². The van der Waals surface area contributed by atoms with Gasteiger partial charge in [-0.1, -0.05) is 116 Å². The first-order valence-corrected chi connectivity index (χ1v) is 32.5. The highest BCUT2D eigenvalue weighted by Crippen LogP contribution is 2.36. The number of para-hydroxylation sites is 1. The minimum absolute atomic E-state index is 0.0161. The smallest absolute Gasteiger partial charge is 0.410 e. The number of carboxylic acids is 1. The highest BCUT2D eigenvalue weighted by atomic mass is 16.6. The SMILES string of the molecule is CC[C@H](C)[C@@H]([C@@H](CC(=O)N1CCC[C@]1(C)C[C@@H](C)C(=O)N[C@H](C)Cc1ccccc1)OC)N(C)C(=O)[C@@H](NC(=O)[C@H](C(C)C)N(C)C(=O)OCc1ccc(NC(=O)[C@H](CCCNC(N)=O)NC(=O)[C@@H](Cc2c[nH]c3ccccc23)NC(=O)CCCC(=O)O)cc1)C(C)C. The molecule has 10 amide bonds. The number of aliphatic carboxylic acids is 1. The van der Waals surface area contributed by atoms with E-state index in [-0.39, 0.29) is 87.8 Å². The average molecular weight is 1290 g/mol. The highest BCUT2D eigenvalue weighted by molar-refractivity contribution is 5.99. The number of hydrogen-bond donors (Lipinski definition) is 9. The summed E-state index contributed by atoms with van der Waals surface area (Å²) in [5.41, 5.74) is 8.19. The van der Waals surface area contributed by atoms with Gasteiger partial charge in [0.25, 0.3) is 0 Å². The summed E-state index contributed by atoms with van der Waals surface area (Å²) in [6.45, 7) is 17.5. The maximum atomic E-state index is 14.8. The molecular weight excluding hydrogens is 1190 g/mol. The van der Waals surface area contributed by atoms with Crippen molar-refractivity contribution in [1.82, 2.24) is 46.3 Å². The second-order valence-corrected chi connectivity index (χ2v) is 25.9. The fourth-order valence-corrected chi connectivity index (χ4v) is 12.5. The number of nitrogens with zero attached hydrogens (tertiary/aromatic N) is 3. The number of aromatic amines is 1. The zero-order valence-corrected chi connectivity index (χ0v) is 56.3. The zero-order valence-electron chi connectivity index (χ0n) is 56.3. The number of aromatic nitrogens is 1. The summed E-state index contributed by atoms with van der Waals surface area (Å²) in [7, 11) is 4.64. The molecule has 4 aromatic rings. The summed E-state index contributed by atoms with van der Waals surface area (Å²) >= 11 is 0. The van der Waals surface area contributed by atoms with Gasteiger partial charge in [0.2, 0.25) is 41.4 Å². The highest BCUT2D eigenvalue weighted by Gasteiger charge is 2.45. The number of anilines is 1. The Morgan fingerprint density at radius 1 is 0.742 bits per heavy atom. The number of amides is 10. The maximum absolute atomic E-state index is 14.8. The van der Waals surface area contributed by atoms with Crippen molar-refractivity contribution in [1.29, 1.82) is 0 Å². The molecule has 0 aliphatic carbocycles. The minimum Gasteiger partial charge on any atom is -0.481 e. The van der Waals surface area contributed by atoms with Crippen molar-refractivity contribution in [3.05, 3.63) is 102 Å². The van der Waals surface area contributed by atoms with Gasteiger partial charge < -0.3 is 67.0 Å². The minimum atomic E-state index is -1.17. The third-order valence-corrected chi connectivity index (χ3v) is 17.7. The molecule has 1 aliphatic heterocycles. The predicted octanol–water partition coefficient (Wildman–Crippen LogP) is 7.19. The second kappa shape index (κ2) is 36.1. The van der Waals surface area contributed by atoms with Crippen LogP contribution in [0.2, 0.25) is 0 Å². The number of primary amides is 1. The molecule has 0 saturated carbocycles. The molecule has 2 heterocycles. The third kappa shape index (κ3) is 22.3. The number of benzene rings is 3. The van der Waals surface area contributed by atoms with E-state index in [0.29, 0.717) is 42.6 Å². The number of carbonyl (C=O) groups excluding carboxylic acids is 9. The van der Waals surface area contributed by atoms with Crippen LogP contribution in [0.3, 0.4) is 0 Å². The number of likely N-dealkylation sites (N-methyl/N-ethyl adjacent to an activating group) is 2. The summed E-state index contributed by atoms with van der Waals surface area (Å²) in [5.74, 6) is -5.42. The number of fused-ring (bicyclic) bond motifs is 1. The number of carboxylic acid groups (broad SMARTS) is 1. The molecule has 1 saturated heterocycles. The Kier molecular flexibility index (Phi) is 29.1. The molecule has 1 aromatic heterocycles. The molecule has 10 N–H and O–H groups in total. The molecule has 3 aromatic carbocycles. The summed E-state index contributed by atoms with van der Waals surface area (Å²) in [6.07, 6.45) is 3.47. The Labute approximate surface area is 547 Å². The Morgan fingerprint density at radius 3 is 2.05 bits per heavy atom. The van der Waals surface area contributed by atoms with E-state index < -0.39 is 101 Å². The number of urea groups is 1. The summed E-state index contributed by atoms with van der Waals surface area (Å²) < 4.78 is 11.8. The molecule has 1 aliphatic rings. The van der Waals surface area contributed by atoms with Crippen LogP contribution in [-0.2, 0) is 67.3 Å². The summed E-state index contributed by atoms with van der Waals surface area (Å²) in [5, 5.41) is 26.8. The number of H-pyrrole nitrogens is 1. The van der Waals surface area contributed by atoms with Gasteiger partial charge in [-0.25, -0.2) is 9.59 Å². The van der Waals surface area contributed by atoms with Crippen LogP contribution >= 0.6 is 0 Å². The Morgan fingerprint density at radius 2 is 1.42 bits per heavy atom. The summed E-state index contributed by atoms with van der Waals surface area (Å²) in [4.78, 5) is 143. The number of nitrogens with one attached hydrogen (secondary N) is 7. The molecule has 0 unspecified atom stereocenters. The van der Waals surface area contributed by atoms with E-state index >= 15 is 0 Å². The lowest BCUT2D eigenvalue weighted by Gasteiger charge is -2.42. The maximum Gasteiger partial charge on any atom is 0.410 e. The van der Waals surface area contributed by atoms with Gasteiger partial charge in [0.1, 0.15) is 30.8 Å². The lowest BCUT2D eigenvalue weighted by Crippen LogP contribution is -2.60. The van der Waals surface area contributed by atoms with E-state index in [2.05, 4.69) is 36.9 Å². The molecule has 93 heavy (non-hydrogen) atoms. The van der Waals surface area contributed by atoms with Gasteiger partial charge in [-0.15, -0.1) is 0 Å². The van der Waals surface area contributed by atoms with Crippen molar-refractivity contribution in [2.75, 3.05) is 39.6 Å². The zero-order chi connectivity index (χ0) is 68.7. The van der Waals surface area contributed by atoms with Crippen LogP contribution in [0.4, 0.5) is 15.3 Å². The Bertz CT molecular complexity index is 3160. The van der Waals surface area contributed by atoms with Crippen molar-refractivity contribution < 1.29 is 62.5 Å². The van der Waals surface area contributed by atoms with Gasteiger partial charge in [-0.05, 0) is 111 Å². The number of rotatable bonds is 36. The van der Waals surface area contributed by atoms with Gasteiger partial charge in [-0.2, -0.15) is 0 Å². The first-order valence-electron chi connectivity index (χ1n) is 32.5. The van der Waals surface area contributed by atoms with Crippen molar-refractivity contribution in [2.45, 2.75) is 194 Å². The quantitative estimate of drug-likeness (QED) is 0.0204. The third-order valence-electron chi connectivity index (χ3n) is 17.7. The van der Waals surface area contributed by atoms with Crippen molar-refractivity contribution in [3.63, 3.8) is 0 Å². The van der Waals surface area contributed by atoms with Gasteiger partial charge in [-0.3, -0.25) is 43.3 Å². The average Bonchev–Trinajstić information content (AvgIpc) is 1.77. The van der Waals surface area contributed by atoms with E-state index in [0.717, 1.165) is 29.3 Å². The number of nitrogens with two attached hydrogens (primary N) is 1. The fourth-order valence-electron chi connectivity index (χ4n) is 12.5. The van der Waals surface area contributed by atoms with Crippen LogP contribution in [-0.4, -0.2) is 166 Å². The van der Waals surface area contributed by atoms with Crippen LogP contribution in [0.5, 0.6) is 0 Å². The first kappa shape index (κ1) is 75.2. The fraction of sp³-hybridized carbons (Fsp3) is 0.565. The van der Waals surface area contributed by atoms with Crippen molar-refractivity contribution in [3.8, 4) is 0 Å². The molecule has 0 spiro atoms. The second-order valence-electron chi connectivity index (χ2n) is 25.9. The van der Waals surface area contributed by atoms with Crippen LogP contribution < -0.4 is 37.6 Å². The number of hydrogen-bond acceptors (Lipinski definition) is 12. The lowest BCUT2D eigenvalue weighted by atomic mass is 9.86. The van der Waals surface area contributed by atoms with Gasteiger partial charge in [0.05, 0.1) is 18.6 Å². The predicted molar refractivity (Wildman–Crippen MR) is 355 cm³/mol. The van der Waals surface area contributed by atoms with Crippen molar-refractivity contribution in [2.24, 2.45) is 29.4 Å². The molecule has 24 nitrogen and oxygen atoms in total. The van der Waals surface area contributed by atoms with Gasteiger partial charge in [0, 0.05) is 93.8 Å². The number of likely N-dealkylation sites (tertiary alicyclic amines) is 1. The number of carbonyl (C=O) groups is 10. The van der Waals surface area contributed by atoms with E-state index in [1.165, 1.54) is 19.1 Å². The molecule has 5 rings (SSSR count). The molecule has 10 atom stereocenters. The van der Waals surface area contributed by atoms with Crippen LogP contribution in [0.15, 0.2) is 85.1 Å². The number of methoxy groups -OCH3 is 1. The van der Waals surface area contributed by atoms with Crippen LogP contribution in [0, 0.1) is 23.7 Å². The lowest BCUT2D eigenvalue weighted by molar-refractivity contribution is -0.147. The first-order chi connectivity index (χ1) is 44.1.